The van der Waals surface area contributed by atoms with Crippen LogP contribution in [0.1, 0.15) is 20.9 Å². The summed E-state index contributed by atoms with van der Waals surface area (Å²) in [6, 6.07) is 4.40. The zero-order valence-electron chi connectivity index (χ0n) is 11.4. The SMILES string of the molecule is Cc1ccc(NC(=O)NCCc2nccs2)cc1C(=O)O. The number of nitrogens with zero attached hydrogens (tertiary/aromatic N) is 1. The first-order valence-corrected chi connectivity index (χ1v) is 7.21. The van der Waals surface area contributed by atoms with E-state index in [-0.39, 0.29) is 11.6 Å². The number of carboxylic acids is 1. The summed E-state index contributed by atoms with van der Waals surface area (Å²) < 4.78 is 0. The van der Waals surface area contributed by atoms with E-state index in [4.69, 9.17) is 5.11 Å². The summed E-state index contributed by atoms with van der Waals surface area (Å²) >= 11 is 1.54. The van der Waals surface area contributed by atoms with Gasteiger partial charge in [0.1, 0.15) is 0 Å². The Morgan fingerprint density at radius 1 is 1.38 bits per heavy atom. The Kier molecular flexibility index (Phi) is 4.89. The minimum Gasteiger partial charge on any atom is -0.478 e. The van der Waals surface area contributed by atoms with Crippen molar-refractivity contribution in [2.24, 2.45) is 0 Å². The van der Waals surface area contributed by atoms with E-state index >= 15 is 0 Å². The maximum Gasteiger partial charge on any atom is 0.336 e. The van der Waals surface area contributed by atoms with Crippen molar-refractivity contribution in [1.82, 2.24) is 10.3 Å². The third kappa shape index (κ3) is 4.28. The predicted molar refractivity (Wildman–Crippen MR) is 81.0 cm³/mol. The molecule has 2 aromatic rings. The number of rotatable bonds is 5. The Morgan fingerprint density at radius 2 is 2.19 bits per heavy atom. The summed E-state index contributed by atoms with van der Waals surface area (Å²) in [5, 5.41) is 17.2. The van der Waals surface area contributed by atoms with E-state index in [0.717, 1.165) is 5.01 Å². The van der Waals surface area contributed by atoms with Crippen molar-refractivity contribution in [2.45, 2.75) is 13.3 Å². The Balaban J connectivity index is 1.87. The molecule has 0 spiro atoms. The highest BCUT2D eigenvalue weighted by Gasteiger charge is 2.09. The van der Waals surface area contributed by atoms with E-state index in [1.807, 2.05) is 5.38 Å². The van der Waals surface area contributed by atoms with Crippen molar-refractivity contribution < 1.29 is 14.7 Å². The van der Waals surface area contributed by atoms with Gasteiger partial charge in [0.15, 0.2) is 0 Å². The third-order valence-electron chi connectivity index (χ3n) is 2.83. The van der Waals surface area contributed by atoms with Gasteiger partial charge < -0.3 is 15.7 Å². The molecule has 7 heteroatoms. The van der Waals surface area contributed by atoms with Crippen LogP contribution < -0.4 is 10.6 Å². The zero-order valence-corrected chi connectivity index (χ0v) is 12.2. The van der Waals surface area contributed by atoms with E-state index < -0.39 is 5.97 Å². The van der Waals surface area contributed by atoms with Crippen molar-refractivity contribution in [2.75, 3.05) is 11.9 Å². The summed E-state index contributed by atoms with van der Waals surface area (Å²) in [6.07, 6.45) is 2.39. The molecule has 3 N–H and O–H groups in total. The molecule has 0 saturated carbocycles. The fraction of sp³-hybridized carbons (Fsp3) is 0.214. The molecule has 110 valence electrons. The number of hydrogen-bond donors (Lipinski definition) is 3. The second kappa shape index (κ2) is 6.85. The molecule has 0 radical (unpaired) electrons. The number of nitrogens with one attached hydrogen (secondary N) is 2. The molecule has 0 saturated heterocycles. The van der Waals surface area contributed by atoms with Gasteiger partial charge >= 0.3 is 12.0 Å². The van der Waals surface area contributed by atoms with Crippen LogP contribution >= 0.6 is 11.3 Å². The summed E-state index contributed by atoms with van der Waals surface area (Å²) in [6.45, 7) is 2.18. The molecule has 21 heavy (non-hydrogen) atoms. The third-order valence-corrected chi connectivity index (χ3v) is 3.67. The molecule has 0 fully saturated rings. The van der Waals surface area contributed by atoms with Crippen LogP contribution in [-0.2, 0) is 6.42 Å². The van der Waals surface area contributed by atoms with Gasteiger partial charge in [-0.25, -0.2) is 14.6 Å². The van der Waals surface area contributed by atoms with Crippen molar-refractivity contribution in [3.05, 3.63) is 45.9 Å². The van der Waals surface area contributed by atoms with Gasteiger partial charge in [-0.1, -0.05) is 6.07 Å². The Bertz CT molecular complexity index is 641. The fourth-order valence-electron chi connectivity index (χ4n) is 1.76. The monoisotopic (exact) mass is 305 g/mol. The van der Waals surface area contributed by atoms with E-state index in [1.54, 1.807) is 25.3 Å². The van der Waals surface area contributed by atoms with Gasteiger partial charge in [-0.05, 0) is 24.6 Å². The average Bonchev–Trinajstić information content (AvgIpc) is 2.94. The van der Waals surface area contributed by atoms with Gasteiger partial charge in [-0.2, -0.15) is 0 Å². The number of benzene rings is 1. The van der Waals surface area contributed by atoms with E-state index in [9.17, 15) is 9.59 Å². The molecule has 1 aromatic heterocycles. The molecule has 0 bridgehead atoms. The van der Waals surface area contributed by atoms with Gasteiger partial charge in [0.05, 0.1) is 10.6 Å². The number of anilines is 1. The van der Waals surface area contributed by atoms with E-state index in [0.29, 0.717) is 24.2 Å². The number of urea groups is 1. The molecule has 0 atom stereocenters. The Morgan fingerprint density at radius 3 is 2.86 bits per heavy atom. The molecule has 1 heterocycles. The summed E-state index contributed by atoms with van der Waals surface area (Å²) in [7, 11) is 0. The van der Waals surface area contributed by atoms with Gasteiger partial charge in [0.2, 0.25) is 0 Å². The van der Waals surface area contributed by atoms with Gasteiger partial charge in [-0.15, -0.1) is 11.3 Å². The highest BCUT2D eigenvalue weighted by atomic mass is 32.1. The molecule has 6 nitrogen and oxygen atoms in total. The zero-order chi connectivity index (χ0) is 15.2. The van der Waals surface area contributed by atoms with Gasteiger partial charge in [0.25, 0.3) is 0 Å². The summed E-state index contributed by atoms with van der Waals surface area (Å²) in [4.78, 5) is 26.9. The number of thiazole rings is 1. The highest BCUT2D eigenvalue weighted by molar-refractivity contribution is 7.09. The minimum atomic E-state index is -1.01. The number of hydrogen-bond acceptors (Lipinski definition) is 4. The van der Waals surface area contributed by atoms with Crippen molar-refractivity contribution >= 4 is 29.0 Å². The van der Waals surface area contributed by atoms with Crippen molar-refractivity contribution in [1.29, 1.82) is 0 Å². The summed E-state index contributed by atoms with van der Waals surface area (Å²) in [5.74, 6) is -1.01. The second-order valence-electron chi connectivity index (χ2n) is 4.39. The number of aromatic carboxylic acids is 1. The number of aryl methyl sites for hydroxylation is 1. The Hall–Kier alpha value is -2.41. The fourth-order valence-corrected chi connectivity index (χ4v) is 2.39. The lowest BCUT2D eigenvalue weighted by Crippen LogP contribution is -2.30. The maximum atomic E-state index is 11.7. The first-order valence-electron chi connectivity index (χ1n) is 6.33. The standard InChI is InChI=1S/C14H15N3O3S/c1-9-2-3-10(8-11(9)13(18)19)17-14(20)16-5-4-12-15-6-7-21-12/h2-3,6-8H,4-5H2,1H3,(H,18,19)(H2,16,17,20). The predicted octanol–water partition coefficient (Wildman–Crippen LogP) is 2.51. The molecule has 0 aliphatic carbocycles. The van der Waals surface area contributed by atoms with Crippen LogP contribution in [0.3, 0.4) is 0 Å². The van der Waals surface area contributed by atoms with Crippen LogP contribution in [0.5, 0.6) is 0 Å². The number of amides is 2. The second-order valence-corrected chi connectivity index (χ2v) is 5.37. The molecular weight excluding hydrogens is 290 g/mol. The van der Waals surface area contributed by atoms with Crippen LogP contribution in [0.25, 0.3) is 0 Å². The maximum absolute atomic E-state index is 11.7. The molecule has 0 aliphatic rings. The molecule has 2 rings (SSSR count). The first kappa shape index (κ1) is 15.0. The number of aromatic nitrogens is 1. The van der Waals surface area contributed by atoms with Crippen molar-refractivity contribution in [3.8, 4) is 0 Å². The average molecular weight is 305 g/mol. The van der Waals surface area contributed by atoms with Crippen molar-refractivity contribution in [3.63, 3.8) is 0 Å². The highest BCUT2D eigenvalue weighted by Crippen LogP contribution is 2.15. The topological polar surface area (TPSA) is 91.3 Å². The smallest absolute Gasteiger partial charge is 0.336 e. The number of carboxylic acid groups (broad SMARTS) is 1. The van der Waals surface area contributed by atoms with Gasteiger partial charge in [0, 0.05) is 30.2 Å². The van der Waals surface area contributed by atoms with Crippen LogP contribution in [0.4, 0.5) is 10.5 Å². The summed E-state index contributed by atoms with van der Waals surface area (Å²) in [5.41, 5.74) is 1.28. The largest absolute Gasteiger partial charge is 0.478 e. The number of carbonyl (C=O) groups excluding carboxylic acids is 1. The van der Waals surface area contributed by atoms with E-state index in [1.165, 1.54) is 17.4 Å². The van der Waals surface area contributed by atoms with Crippen LogP contribution in [0.15, 0.2) is 29.8 Å². The first-order chi connectivity index (χ1) is 10.1. The van der Waals surface area contributed by atoms with Crippen LogP contribution in [0.2, 0.25) is 0 Å². The molecule has 2 amide bonds. The molecule has 0 unspecified atom stereocenters. The van der Waals surface area contributed by atoms with Crippen LogP contribution in [-0.4, -0.2) is 28.6 Å². The quantitative estimate of drug-likeness (QED) is 0.791. The Labute approximate surface area is 125 Å². The lowest BCUT2D eigenvalue weighted by molar-refractivity contribution is 0.0696. The van der Waals surface area contributed by atoms with Gasteiger partial charge in [-0.3, -0.25) is 0 Å². The van der Waals surface area contributed by atoms with E-state index in [2.05, 4.69) is 15.6 Å². The van der Waals surface area contributed by atoms with Crippen LogP contribution in [0, 0.1) is 6.92 Å². The minimum absolute atomic E-state index is 0.176. The lowest BCUT2D eigenvalue weighted by atomic mass is 10.1. The molecule has 0 aliphatic heterocycles. The normalized spacial score (nSPS) is 10.1. The number of carbonyl (C=O) groups is 2. The molecule has 1 aromatic carbocycles. The molecular formula is C14H15N3O3S. The lowest BCUT2D eigenvalue weighted by Gasteiger charge is -2.09.